The molecule has 0 radical (unpaired) electrons. The zero-order valence-corrected chi connectivity index (χ0v) is 10.9. The molecule has 3 nitrogen and oxygen atoms in total. The van der Waals surface area contributed by atoms with E-state index < -0.39 is 0 Å². The second kappa shape index (κ2) is 7.25. The average molecular weight is 229 g/mol. The van der Waals surface area contributed by atoms with Crippen LogP contribution in [0.4, 0.5) is 0 Å². The molecule has 4 unspecified atom stereocenters. The molecule has 96 valence electrons. The summed E-state index contributed by atoms with van der Waals surface area (Å²) in [5, 5.41) is 13.1. The molecule has 0 aromatic heterocycles. The number of hydrogen-bond donors (Lipinski definition) is 2. The second-order valence-corrected chi connectivity index (χ2v) is 5.22. The second-order valence-electron chi connectivity index (χ2n) is 5.22. The Hall–Kier alpha value is -0.120. The highest BCUT2D eigenvalue weighted by Crippen LogP contribution is 2.28. The van der Waals surface area contributed by atoms with Crippen molar-refractivity contribution in [2.24, 2.45) is 11.8 Å². The van der Waals surface area contributed by atoms with E-state index in [2.05, 4.69) is 19.2 Å². The van der Waals surface area contributed by atoms with Crippen LogP contribution >= 0.6 is 0 Å². The van der Waals surface area contributed by atoms with Crippen LogP contribution < -0.4 is 5.32 Å². The molecule has 1 saturated carbocycles. The molecule has 0 aliphatic heterocycles. The first-order valence-corrected chi connectivity index (χ1v) is 6.62. The number of ether oxygens (including phenoxy) is 1. The standard InChI is InChI=1S/C13H27NO2/c1-4-16-9-12(15)8-14-13-6-5-10(2)7-11(13)3/h10-15H,4-9H2,1-3H3. The zero-order valence-electron chi connectivity index (χ0n) is 10.9. The van der Waals surface area contributed by atoms with Crippen molar-refractivity contribution in [1.29, 1.82) is 0 Å². The van der Waals surface area contributed by atoms with E-state index in [0.717, 1.165) is 11.8 Å². The van der Waals surface area contributed by atoms with Crippen LogP contribution in [0.15, 0.2) is 0 Å². The van der Waals surface area contributed by atoms with Gasteiger partial charge in [0.25, 0.3) is 0 Å². The summed E-state index contributed by atoms with van der Waals surface area (Å²) in [5.74, 6) is 1.59. The van der Waals surface area contributed by atoms with Gasteiger partial charge in [-0.3, -0.25) is 0 Å². The first-order chi connectivity index (χ1) is 7.63. The van der Waals surface area contributed by atoms with Crippen molar-refractivity contribution in [3.05, 3.63) is 0 Å². The zero-order chi connectivity index (χ0) is 12.0. The Labute approximate surface area is 99.6 Å². The van der Waals surface area contributed by atoms with Crippen molar-refractivity contribution in [3.63, 3.8) is 0 Å². The van der Waals surface area contributed by atoms with Gasteiger partial charge >= 0.3 is 0 Å². The third kappa shape index (κ3) is 4.81. The molecule has 0 bridgehead atoms. The minimum atomic E-state index is -0.369. The molecule has 0 spiro atoms. The average Bonchev–Trinajstić information content (AvgIpc) is 2.25. The summed E-state index contributed by atoms with van der Waals surface area (Å²) in [4.78, 5) is 0. The Morgan fingerprint density at radius 1 is 1.38 bits per heavy atom. The number of aliphatic hydroxyl groups excluding tert-OH is 1. The Kier molecular flexibility index (Phi) is 6.32. The van der Waals surface area contributed by atoms with Crippen LogP contribution in [0, 0.1) is 11.8 Å². The molecule has 1 aliphatic rings. The van der Waals surface area contributed by atoms with Gasteiger partial charge in [-0.2, -0.15) is 0 Å². The van der Waals surface area contributed by atoms with Crippen LogP contribution in [0.2, 0.25) is 0 Å². The maximum Gasteiger partial charge on any atom is 0.0897 e. The van der Waals surface area contributed by atoms with E-state index in [-0.39, 0.29) is 6.10 Å². The van der Waals surface area contributed by atoms with Crippen molar-refractivity contribution < 1.29 is 9.84 Å². The van der Waals surface area contributed by atoms with Crippen molar-refractivity contribution in [1.82, 2.24) is 5.32 Å². The molecular formula is C13H27NO2. The van der Waals surface area contributed by atoms with E-state index in [0.29, 0.717) is 25.8 Å². The van der Waals surface area contributed by atoms with Crippen LogP contribution in [-0.2, 0) is 4.74 Å². The van der Waals surface area contributed by atoms with E-state index in [1.807, 2.05) is 6.92 Å². The SMILES string of the molecule is CCOCC(O)CNC1CCC(C)CC1C. The van der Waals surface area contributed by atoms with Crippen LogP contribution in [0.3, 0.4) is 0 Å². The van der Waals surface area contributed by atoms with E-state index >= 15 is 0 Å². The van der Waals surface area contributed by atoms with Crippen LogP contribution in [-0.4, -0.2) is 37.0 Å². The maximum absolute atomic E-state index is 9.66. The Bertz CT molecular complexity index is 187. The van der Waals surface area contributed by atoms with Gasteiger partial charge in [0.2, 0.25) is 0 Å². The van der Waals surface area contributed by atoms with Crippen LogP contribution in [0.1, 0.15) is 40.0 Å². The first-order valence-electron chi connectivity index (χ1n) is 6.62. The fourth-order valence-electron chi connectivity index (χ4n) is 2.57. The Morgan fingerprint density at radius 3 is 2.75 bits per heavy atom. The van der Waals surface area contributed by atoms with E-state index in [1.54, 1.807) is 0 Å². The Balaban J connectivity index is 2.16. The molecule has 1 fully saturated rings. The largest absolute Gasteiger partial charge is 0.389 e. The molecule has 1 rings (SSSR count). The maximum atomic E-state index is 9.66. The summed E-state index contributed by atoms with van der Waals surface area (Å²) in [6.45, 7) is 8.36. The lowest BCUT2D eigenvalue weighted by Gasteiger charge is -2.33. The minimum absolute atomic E-state index is 0.369. The van der Waals surface area contributed by atoms with E-state index in [1.165, 1.54) is 19.3 Å². The van der Waals surface area contributed by atoms with Gasteiger partial charge in [0.15, 0.2) is 0 Å². The third-order valence-corrected chi connectivity index (χ3v) is 3.56. The summed E-state index contributed by atoms with van der Waals surface area (Å²) in [7, 11) is 0. The lowest BCUT2D eigenvalue weighted by Crippen LogP contribution is -2.43. The van der Waals surface area contributed by atoms with Crippen molar-refractivity contribution in [3.8, 4) is 0 Å². The van der Waals surface area contributed by atoms with Crippen molar-refractivity contribution in [2.75, 3.05) is 19.8 Å². The van der Waals surface area contributed by atoms with Gasteiger partial charge in [0, 0.05) is 19.2 Å². The molecule has 4 atom stereocenters. The highest BCUT2D eigenvalue weighted by atomic mass is 16.5. The van der Waals surface area contributed by atoms with Crippen LogP contribution in [0.5, 0.6) is 0 Å². The minimum Gasteiger partial charge on any atom is -0.389 e. The number of aliphatic hydroxyl groups is 1. The molecule has 0 aromatic carbocycles. The molecule has 0 saturated heterocycles. The van der Waals surface area contributed by atoms with Gasteiger partial charge in [-0.15, -0.1) is 0 Å². The molecule has 3 heteroatoms. The summed E-state index contributed by atoms with van der Waals surface area (Å²) < 4.78 is 5.19. The number of rotatable bonds is 6. The van der Waals surface area contributed by atoms with Gasteiger partial charge in [0.1, 0.15) is 0 Å². The van der Waals surface area contributed by atoms with Gasteiger partial charge in [-0.05, 0) is 38.0 Å². The molecular weight excluding hydrogens is 202 g/mol. The third-order valence-electron chi connectivity index (χ3n) is 3.56. The normalized spacial score (nSPS) is 32.6. The summed E-state index contributed by atoms with van der Waals surface area (Å²) in [5.41, 5.74) is 0. The van der Waals surface area contributed by atoms with Gasteiger partial charge in [-0.25, -0.2) is 0 Å². The molecule has 2 N–H and O–H groups in total. The monoisotopic (exact) mass is 229 g/mol. The van der Waals surface area contributed by atoms with Crippen LogP contribution in [0.25, 0.3) is 0 Å². The van der Waals surface area contributed by atoms with Gasteiger partial charge in [0.05, 0.1) is 12.7 Å². The molecule has 0 heterocycles. The lowest BCUT2D eigenvalue weighted by molar-refractivity contribution is 0.0388. The van der Waals surface area contributed by atoms with E-state index in [9.17, 15) is 5.11 Å². The molecule has 16 heavy (non-hydrogen) atoms. The number of hydrogen-bond acceptors (Lipinski definition) is 3. The lowest BCUT2D eigenvalue weighted by atomic mass is 9.80. The van der Waals surface area contributed by atoms with Gasteiger partial charge < -0.3 is 15.2 Å². The predicted molar refractivity (Wildman–Crippen MR) is 66.5 cm³/mol. The Morgan fingerprint density at radius 2 is 2.12 bits per heavy atom. The first kappa shape index (κ1) is 13.9. The highest BCUT2D eigenvalue weighted by Gasteiger charge is 2.25. The molecule has 1 aliphatic carbocycles. The van der Waals surface area contributed by atoms with Crippen molar-refractivity contribution >= 4 is 0 Å². The molecule has 0 amide bonds. The smallest absolute Gasteiger partial charge is 0.0897 e. The van der Waals surface area contributed by atoms with Crippen molar-refractivity contribution in [2.45, 2.75) is 52.2 Å². The fraction of sp³-hybridized carbons (Fsp3) is 1.00. The topological polar surface area (TPSA) is 41.5 Å². The quantitative estimate of drug-likeness (QED) is 0.730. The van der Waals surface area contributed by atoms with E-state index in [4.69, 9.17) is 4.74 Å². The summed E-state index contributed by atoms with van der Waals surface area (Å²) >= 11 is 0. The van der Waals surface area contributed by atoms with Gasteiger partial charge in [-0.1, -0.05) is 13.8 Å². The predicted octanol–water partition coefficient (Wildman–Crippen LogP) is 1.80. The highest BCUT2D eigenvalue weighted by molar-refractivity contribution is 4.81. The number of nitrogens with one attached hydrogen (secondary N) is 1. The summed E-state index contributed by atoms with van der Waals surface area (Å²) in [6, 6.07) is 0.576. The summed E-state index contributed by atoms with van der Waals surface area (Å²) in [6.07, 6.45) is 3.48. The fourth-order valence-corrected chi connectivity index (χ4v) is 2.57. The molecule has 0 aromatic rings.